The maximum atomic E-state index is 13.2. The summed E-state index contributed by atoms with van der Waals surface area (Å²) >= 11 is 0. The number of ether oxygens (including phenoxy) is 1. The fourth-order valence-electron chi connectivity index (χ4n) is 5.66. The summed E-state index contributed by atoms with van der Waals surface area (Å²) < 4.78 is 5.62. The molecule has 1 amide bonds. The highest BCUT2D eigenvalue weighted by molar-refractivity contribution is 6.10. The van der Waals surface area contributed by atoms with Gasteiger partial charge in [-0.3, -0.25) is 9.59 Å². The molecule has 4 rings (SSSR count). The van der Waals surface area contributed by atoms with Gasteiger partial charge in [-0.05, 0) is 67.1 Å². The summed E-state index contributed by atoms with van der Waals surface area (Å²) in [6, 6.07) is 8.21. The molecule has 1 aromatic carbocycles. The molecule has 0 bridgehead atoms. The van der Waals surface area contributed by atoms with Crippen LogP contribution in [-0.2, 0) is 4.79 Å². The van der Waals surface area contributed by atoms with Crippen molar-refractivity contribution in [3.05, 3.63) is 41.7 Å². The number of carbonyl (C=O) groups excluding carboxylic acids is 1. The van der Waals surface area contributed by atoms with Crippen LogP contribution in [0, 0.1) is 17.8 Å². The number of aliphatic carboxylic acids is 1. The molecule has 0 unspecified atom stereocenters. The highest BCUT2D eigenvalue weighted by atomic mass is 16.5. The lowest BCUT2D eigenvalue weighted by atomic mass is 9.76. The monoisotopic (exact) mass is 452 g/mol. The normalized spacial score (nSPS) is 23.5. The van der Waals surface area contributed by atoms with Crippen LogP contribution < -0.4 is 15.4 Å². The van der Waals surface area contributed by atoms with Crippen LogP contribution in [-0.4, -0.2) is 40.1 Å². The molecule has 0 radical (unpaired) electrons. The van der Waals surface area contributed by atoms with Gasteiger partial charge in [0.05, 0.1) is 6.54 Å². The second-order valence-corrected chi connectivity index (χ2v) is 9.14. The largest absolute Gasteiger partial charge is 0.481 e. The fourth-order valence-corrected chi connectivity index (χ4v) is 5.66. The number of fused-ring (bicyclic) bond motifs is 1. The molecule has 1 fully saturated rings. The second-order valence-electron chi connectivity index (χ2n) is 9.14. The van der Waals surface area contributed by atoms with Crippen LogP contribution in [0.1, 0.15) is 67.8 Å². The van der Waals surface area contributed by atoms with Gasteiger partial charge in [0.2, 0.25) is 5.88 Å². The van der Waals surface area contributed by atoms with Crippen molar-refractivity contribution in [1.29, 1.82) is 0 Å². The number of amides is 1. The van der Waals surface area contributed by atoms with Crippen LogP contribution in [0.25, 0.3) is 0 Å². The summed E-state index contributed by atoms with van der Waals surface area (Å²) in [5, 5.41) is 9.05. The maximum Gasteiger partial charge on any atom is 0.303 e. The molecule has 2 aromatic rings. The molecule has 1 aliphatic heterocycles. The summed E-state index contributed by atoms with van der Waals surface area (Å²) in [6.07, 6.45) is 5.56. The van der Waals surface area contributed by atoms with Gasteiger partial charge in [0, 0.05) is 12.1 Å². The molecule has 4 atom stereocenters. The first-order valence-corrected chi connectivity index (χ1v) is 11.8. The van der Waals surface area contributed by atoms with Crippen LogP contribution in [0.2, 0.25) is 0 Å². The summed E-state index contributed by atoms with van der Waals surface area (Å²) in [4.78, 5) is 33.8. The van der Waals surface area contributed by atoms with Gasteiger partial charge in [0.1, 0.15) is 24.3 Å². The van der Waals surface area contributed by atoms with E-state index in [1.165, 1.54) is 11.9 Å². The maximum absolute atomic E-state index is 13.2. The van der Waals surface area contributed by atoms with Crippen molar-refractivity contribution in [1.82, 2.24) is 9.97 Å². The average molecular weight is 453 g/mol. The molecule has 1 aliphatic carbocycles. The molecule has 8 heteroatoms. The number of benzene rings is 1. The van der Waals surface area contributed by atoms with Gasteiger partial charge < -0.3 is 20.5 Å². The summed E-state index contributed by atoms with van der Waals surface area (Å²) in [7, 11) is 0. The standard InChI is InChI=1S/C25H32N4O4/c1-3-19(20-10-6-16(15(20)2)7-11-21(30)31)17-4-8-18(9-5-17)29-12-13-33-24-22(25(29)32)23(26)27-14-28-24/h4-5,8-9,14-16,19-20H,3,6-7,10-13H2,1-2H3,(H,30,31)(H2,26,27,28)/t15-,16-,19+,20+/m1/s1. The number of carboxylic acids is 1. The van der Waals surface area contributed by atoms with E-state index in [0.29, 0.717) is 36.8 Å². The van der Waals surface area contributed by atoms with Crippen molar-refractivity contribution in [3.63, 3.8) is 0 Å². The smallest absolute Gasteiger partial charge is 0.303 e. The number of anilines is 2. The number of nitrogens with zero attached hydrogens (tertiary/aromatic N) is 3. The topological polar surface area (TPSA) is 119 Å². The van der Waals surface area contributed by atoms with Gasteiger partial charge in [-0.2, -0.15) is 0 Å². The van der Waals surface area contributed by atoms with E-state index in [9.17, 15) is 9.59 Å². The Morgan fingerprint density at radius 3 is 2.73 bits per heavy atom. The van der Waals surface area contributed by atoms with E-state index in [2.05, 4.69) is 35.9 Å². The molecular formula is C25H32N4O4. The lowest BCUT2D eigenvalue weighted by Gasteiger charge is -2.29. The van der Waals surface area contributed by atoms with Gasteiger partial charge in [-0.25, -0.2) is 9.97 Å². The minimum atomic E-state index is -0.710. The van der Waals surface area contributed by atoms with E-state index in [1.807, 2.05) is 12.1 Å². The van der Waals surface area contributed by atoms with Gasteiger partial charge >= 0.3 is 5.97 Å². The number of carboxylic acid groups (broad SMARTS) is 1. The molecule has 1 aromatic heterocycles. The van der Waals surface area contributed by atoms with E-state index in [-0.39, 0.29) is 29.6 Å². The lowest BCUT2D eigenvalue weighted by Crippen LogP contribution is -2.32. The second kappa shape index (κ2) is 9.77. The van der Waals surface area contributed by atoms with E-state index < -0.39 is 5.97 Å². The van der Waals surface area contributed by atoms with E-state index in [4.69, 9.17) is 15.6 Å². The summed E-state index contributed by atoms with van der Waals surface area (Å²) in [6.45, 7) is 5.22. The molecule has 176 valence electrons. The van der Waals surface area contributed by atoms with Crippen LogP contribution in [0.5, 0.6) is 5.88 Å². The number of carbonyl (C=O) groups is 2. The Labute approximate surface area is 194 Å². The Kier molecular flexibility index (Phi) is 6.81. The van der Waals surface area contributed by atoms with E-state index in [1.54, 1.807) is 4.90 Å². The van der Waals surface area contributed by atoms with Crippen LogP contribution in [0.3, 0.4) is 0 Å². The number of hydrogen-bond donors (Lipinski definition) is 2. The number of rotatable bonds is 7. The molecule has 0 spiro atoms. The van der Waals surface area contributed by atoms with Crippen LogP contribution >= 0.6 is 0 Å². The van der Waals surface area contributed by atoms with Crippen LogP contribution in [0.15, 0.2) is 30.6 Å². The molecule has 2 heterocycles. The predicted molar refractivity (Wildman–Crippen MR) is 125 cm³/mol. The first kappa shape index (κ1) is 23.0. The molecule has 1 saturated carbocycles. The first-order valence-electron chi connectivity index (χ1n) is 11.8. The van der Waals surface area contributed by atoms with Crippen molar-refractivity contribution < 1.29 is 19.4 Å². The number of nitrogen functional groups attached to an aromatic ring is 1. The summed E-state index contributed by atoms with van der Waals surface area (Å²) in [5.74, 6) is 1.30. The minimum Gasteiger partial charge on any atom is -0.481 e. The molecule has 3 N–H and O–H groups in total. The molecule has 8 nitrogen and oxygen atoms in total. The van der Waals surface area contributed by atoms with Gasteiger partial charge in [-0.1, -0.05) is 26.0 Å². The zero-order valence-corrected chi connectivity index (χ0v) is 19.2. The fraction of sp³-hybridized carbons (Fsp3) is 0.520. The number of aromatic nitrogens is 2. The molecule has 2 aliphatic rings. The van der Waals surface area contributed by atoms with E-state index in [0.717, 1.165) is 31.4 Å². The Morgan fingerprint density at radius 2 is 2.03 bits per heavy atom. The van der Waals surface area contributed by atoms with Crippen LogP contribution in [0.4, 0.5) is 11.5 Å². The zero-order chi connectivity index (χ0) is 23.5. The van der Waals surface area contributed by atoms with Gasteiger partial charge in [-0.15, -0.1) is 0 Å². The van der Waals surface area contributed by atoms with Crippen molar-refractivity contribution in [2.45, 2.75) is 51.9 Å². The number of hydrogen-bond acceptors (Lipinski definition) is 6. The van der Waals surface area contributed by atoms with Crippen molar-refractivity contribution in [2.75, 3.05) is 23.8 Å². The lowest BCUT2D eigenvalue weighted by molar-refractivity contribution is -0.137. The number of nitrogens with two attached hydrogens (primary N) is 1. The third kappa shape index (κ3) is 4.65. The Hall–Kier alpha value is -3.16. The average Bonchev–Trinajstić information content (AvgIpc) is 3.06. The summed E-state index contributed by atoms with van der Waals surface area (Å²) in [5.41, 5.74) is 8.20. The molecule has 0 saturated heterocycles. The predicted octanol–water partition coefficient (Wildman–Crippen LogP) is 4.12. The highest BCUT2D eigenvalue weighted by Gasteiger charge is 2.37. The van der Waals surface area contributed by atoms with Crippen molar-refractivity contribution in [3.8, 4) is 5.88 Å². The Bertz CT molecular complexity index is 1010. The first-order chi connectivity index (χ1) is 15.9. The third-order valence-corrected chi connectivity index (χ3v) is 7.46. The van der Waals surface area contributed by atoms with Crippen molar-refractivity contribution in [2.24, 2.45) is 17.8 Å². The van der Waals surface area contributed by atoms with E-state index >= 15 is 0 Å². The zero-order valence-electron chi connectivity index (χ0n) is 19.2. The van der Waals surface area contributed by atoms with Crippen molar-refractivity contribution >= 4 is 23.4 Å². The highest BCUT2D eigenvalue weighted by Crippen LogP contribution is 2.47. The molecular weight excluding hydrogens is 420 g/mol. The van der Waals surface area contributed by atoms with Gasteiger partial charge in [0.15, 0.2) is 0 Å². The third-order valence-electron chi connectivity index (χ3n) is 7.46. The molecule has 33 heavy (non-hydrogen) atoms. The quantitative estimate of drug-likeness (QED) is 0.648. The Morgan fingerprint density at radius 1 is 1.27 bits per heavy atom. The SMILES string of the molecule is CC[C@@H](c1ccc(N2CCOc3ncnc(N)c3C2=O)cc1)[C@H]1CC[C@H](CCC(=O)O)[C@H]1C. The Balaban J connectivity index is 1.51. The minimum absolute atomic E-state index is 0.118. The van der Waals surface area contributed by atoms with Gasteiger partial charge in [0.25, 0.3) is 5.91 Å².